The van der Waals surface area contributed by atoms with Gasteiger partial charge < -0.3 is 19.2 Å². The summed E-state index contributed by atoms with van der Waals surface area (Å²) in [5.41, 5.74) is 1.60. The van der Waals surface area contributed by atoms with Gasteiger partial charge in [0.05, 0.1) is 30.4 Å². The number of anilines is 1. The number of sulfonamides is 1. The molecule has 1 N–H and O–H groups in total. The van der Waals surface area contributed by atoms with E-state index in [9.17, 15) is 13.2 Å². The molecule has 0 spiro atoms. The minimum atomic E-state index is -3.70. The molecule has 1 aromatic heterocycles. The molecule has 35 heavy (non-hydrogen) atoms. The Morgan fingerprint density at radius 1 is 1.00 bits per heavy atom. The highest BCUT2D eigenvalue weighted by Gasteiger charge is 2.27. The van der Waals surface area contributed by atoms with Gasteiger partial charge in [0.15, 0.2) is 0 Å². The summed E-state index contributed by atoms with van der Waals surface area (Å²) in [4.78, 5) is 13.2. The molecular formula is C26H30N2O6S. The van der Waals surface area contributed by atoms with E-state index in [1.54, 1.807) is 18.4 Å². The van der Waals surface area contributed by atoms with Gasteiger partial charge in [-0.25, -0.2) is 8.42 Å². The molecule has 1 amide bonds. The summed E-state index contributed by atoms with van der Waals surface area (Å²) in [6.45, 7) is 1.67. The van der Waals surface area contributed by atoms with Crippen LogP contribution in [0.15, 0.2) is 70.2 Å². The highest BCUT2D eigenvalue weighted by molar-refractivity contribution is 7.89. The highest BCUT2D eigenvalue weighted by Crippen LogP contribution is 2.27. The van der Waals surface area contributed by atoms with Gasteiger partial charge in [0.2, 0.25) is 10.0 Å². The minimum absolute atomic E-state index is 0.0884. The second-order valence-electron chi connectivity index (χ2n) is 8.41. The molecule has 1 saturated heterocycles. The molecule has 0 bridgehead atoms. The van der Waals surface area contributed by atoms with E-state index in [0.717, 1.165) is 37.0 Å². The molecule has 0 aliphatic carbocycles. The monoisotopic (exact) mass is 498 g/mol. The Bertz CT molecular complexity index is 1230. The highest BCUT2D eigenvalue weighted by atomic mass is 32.2. The average Bonchev–Trinajstić information content (AvgIpc) is 3.22. The van der Waals surface area contributed by atoms with E-state index in [-0.39, 0.29) is 10.5 Å². The molecule has 2 heterocycles. The number of rotatable bonds is 9. The van der Waals surface area contributed by atoms with Gasteiger partial charge in [-0.1, -0.05) is 25.0 Å². The fourth-order valence-electron chi connectivity index (χ4n) is 4.06. The van der Waals surface area contributed by atoms with Crippen LogP contribution in [0.25, 0.3) is 0 Å². The van der Waals surface area contributed by atoms with Crippen LogP contribution in [0.2, 0.25) is 0 Å². The Kier molecular flexibility index (Phi) is 8.22. The summed E-state index contributed by atoms with van der Waals surface area (Å²) in [5.74, 6) is 0.579. The lowest BCUT2D eigenvalue weighted by molar-refractivity contribution is 0.0929. The molecule has 1 aliphatic rings. The lowest BCUT2D eigenvalue weighted by Gasteiger charge is -2.20. The van der Waals surface area contributed by atoms with Crippen LogP contribution >= 0.6 is 0 Å². The van der Waals surface area contributed by atoms with Gasteiger partial charge >= 0.3 is 0 Å². The first-order valence-electron chi connectivity index (χ1n) is 11.7. The number of carbonyl (C=O) groups is 1. The largest absolute Gasteiger partial charge is 0.496 e. The summed E-state index contributed by atoms with van der Waals surface area (Å²) in [6, 6.07) is 15.3. The Balaban J connectivity index is 1.48. The average molecular weight is 499 g/mol. The predicted molar refractivity (Wildman–Crippen MR) is 132 cm³/mol. The molecule has 8 nitrogen and oxygen atoms in total. The zero-order valence-corrected chi connectivity index (χ0v) is 20.6. The zero-order chi connectivity index (χ0) is 24.7. The SMILES string of the molecule is COc1ccc(S(=O)(=O)N2CCCCCC2)cc1C(=O)Nc1cccc(COCc2ccco2)c1. The Labute approximate surface area is 205 Å². The predicted octanol–water partition coefficient (Wildman–Crippen LogP) is 4.82. The van der Waals surface area contributed by atoms with Gasteiger partial charge in [0.1, 0.15) is 18.1 Å². The molecule has 0 atom stereocenters. The third-order valence-corrected chi connectivity index (χ3v) is 7.79. The number of furan rings is 1. The maximum absolute atomic E-state index is 13.2. The number of hydrogen-bond acceptors (Lipinski definition) is 6. The minimum Gasteiger partial charge on any atom is -0.496 e. The number of amides is 1. The molecular weight excluding hydrogens is 468 g/mol. The molecule has 186 valence electrons. The number of methoxy groups -OCH3 is 1. The van der Waals surface area contributed by atoms with Gasteiger partial charge in [-0.15, -0.1) is 0 Å². The summed E-state index contributed by atoms with van der Waals surface area (Å²) in [6.07, 6.45) is 5.32. The van der Waals surface area contributed by atoms with Crippen LogP contribution in [-0.2, 0) is 28.0 Å². The van der Waals surface area contributed by atoms with Crippen molar-refractivity contribution < 1.29 is 27.1 Å². The molecule has 1 aliphatic heterocycles. The second-order valence-corrected chi connectivity index (χ2v) is 10.3. The number of benzene rings is 2. The number of nitrogens with zero attached hydrogens (tertiary/aromatic N) is 1. The molecule has 0 saturated carbocycles. The topological polar surface area (TPSA) is 98.1 Å². The molecule has 1 fully saturated rings. The smallest absolute Gasteiger partial charge is 0.259 e. The number of carbonyl (C=O) groups excluding carboxylic acids is 1. The first-order chi connectivity index (χ1) is 17.0. The standard InChI is InChI=1S/C26H30N2O6S/c1-32-25-12-11-23(35(30,31)28-13-4-2-3-5-14-28)17-24(25)26(29)27-21-9-6-8-20(16-21)18-33-19-22-10-7-15-34-22/h6-12,15-17H,2-5,13-14,18-19H2,1H3,(H,27,29). The van der Waals surface area contributed by atoms with Crippen molar-refractivity contribution in [2.24, 2.45) is 0 Å². The van der Waals surface area contributed by atoms with E-state index in [2.05, 4.69) is 5.32 Å². The lowest BCUT2D eigenvalue weighted by atomic mass is 10.1. The van der Waals surface area contributed by atoms with Gasteiger partial charge in [-0.3, -0.25) is 4.79 Å². The Morgan fingerprint density at radius 3 is 2.51 bits per heavy atom. The molecule has 0 radical (unpaired) electrons. The fourth-order valence-corrected chi connectivity index (χ4v) is 5.60. The van der Waals surface area contributed by atoms with Crippen LogP contribution in [0.3, 0.4) is 0 Å². The summed E-state index contributed by atoms with van der Waals surface area (Å²) in [7, 11) is -2.25. The van der Waals surface area contributed by atoms with E-state index in [1.165, 1.54) is 29.6 Å². The van der Waals surface area contributed by atoms with Gasteiger partial charge in [0, 0.05) is 18.8 Å². The van der Waals surface area contributed by atoms with Crippen molar-refractivity contribution in [3.05, 3.63) is 77.7 Å². The Hall–Kier alpha value is -3.14. The van der Waals surface area contributed by atoms with E-state index >= 15 is 0 Å². The fraction of sp³-hybridized carbons (Fsp3) is 0.346. The van der Waals surface area contributed by atoms with E-state index in [1.807, 2.05) is 24.3 Å². The zero-order valence-electron chi connectivity index (χ0n) is 19.7. The lowest BCUT2D eigenvalue weighted by Crippen LogP contribution is -2.32. The van der Waals surface area contributed by atoms with Gasteiger partial charge in [-0.2, -0.15) is 4.31 Å². The van der Waals surface area contributed by atoms with Crippen molar-refractivity contribution >= 4 is 21.6 Å². The van der Waals surface area contributed by atoms with Crippen molar-refractivity contribution in [2.75, 3.05) is 25.5 Å². The van der Waals surface area contributed by atoms with E-state index in [4.69, 9.17) is 13.9 Å². The normalized spacial score (nSPS) is 14.9. The van der Waals surface area contributed by atoms with Crippen LogP contribution in [0.1, 0.15) is 47.4 Å². The summed E-state index contributed by atoms with van der Waals surface area (Å²) >= 11 is 0. The van der Waals surface area contributed by atoms with E-state index < -0.39 is 15.9 Å². The molecule has 2 aromatic carbocycles. The molecule has 9 heteroatoms. The van der Waals surface area contributed by atoms with Gasteiger partial charge in [0.25, 0.3) is 5.91 Å². The maximum atomic E-state index is 13.2. The van der Waals surface area contributed by atoms with Crippen LogP contribution in [0, 0.1) is 0 Å². The summed E-state index contributed by atoms with van der Waals surface area (Å²) < 4.78 is 44.3. The third kappa shape index (κ3) is 6.30. The van der Waals surface area contributed by atoms with Crippen molar-refractivity contribution in [1.82, 2.24) is 4.31 Å². The molecule has 4 rings (SSSR count). The van der Waals surface area contributed by atoms with Crippen molar-refractivity contribution in [2.45, 2.75) is 43.8 Å². The first kappa shape index (κ1) is 25.0. The van der Waals surface area contributed by atoms with E-state index in [0.29, 0.717) is 37.7 Å². The quantitative estimate of drug-likeness (QED) is 0.454. The first-order valence-corrected chi connectivity index (χ1v) is 13.1. The maximum Gasteiger partial charge on any atom is 0.259 e. The number of nitrogens with one attached hydrogen (secondary N) is 1. The molecule has 3 aromatic rings. The van der Waals surface area contributed by atoms with Gasteiger partial charge in [-0.05, 0) is 60.9 Å². The molecule has 0 unspecified atom stereocenters. The van der Waals surface area contributed by atoms with Crippen LogP contribution in [0.4, 0.5) is 5.69 Å². The van der Waals surface area contributed by atoms with Crippen molar-refractivity contribution in [3.8, 4) is 5.75 Å². The summed E-state index contributed by atoms with van der Waals surface area (Å²) in [5, 5.41) is 2.84. The third-order valence-electron chi connectivity index (χ3n) is 5.90. The van der Waals surface area contributed by atoms with Crippen LogP contribution in [0.5, 0.6) is 5.75 Å². The second kappa shape index (κ2) is 11.5. The van der Waals surface area contributed by atoms with Crippen molar-refractivity contribution in [1.29, 1.82) is 0 Å². The number of ether oxygens (including phenoxy) is 2. The number of hydrogen-bond donors (Lipinski definition) is 1. The van der Waals surface area contributed by atoms with Crippen LogP contribution in [-0.4, -0.2) is 38.8 Å². The van der Waals surface area contributed by atoms with Crippen molar-refractivity contribution in [3.63, 3.8) is 0 Å². The Morgan fingerprint density at radius 2 is 1.80 bits per heavy atom. The van der Waals surface area contributed by atoms with Crippen LogP contribution < -0.4 is 10.1 Å².